The van der Waals surface area contributed by atoms with Crippen LogP contribution in [0.3, 0.4) is 0 Å². The molecule has 1 aromatic heterocycles. The minimum absolute atomic E-state index is 0.547. The number of nitrogens with zero attached hydrogens (tertiary/aromatic N) is 2. The number of ether oxygens (including phenoxy) is 1. The normalized spacial score (nSPS) is 13.2. The van der Waals surface area contributed by atoms with Crippen LogP contribution >= 0.6 is 23.2 Å². The summed E-state index contributed by atoms with van der Waals surface area (Å²) in [7, 11) is 1.66. The Kier molecular flexibility index (Phi) is 3.99. The van der Waals surface area contributed by atoms with Crippen LogP contribution in [0.15, 0.2) is 35.7 Å². The number of rotatable bonds is 3. The minimum atomic E-state index is 0.547. The summed E-state index contributed by atoms with van der Waals surface area (Å²) < 4.78 is 5.25. The van der Waals surface area contributed by atoms with Gasteiger partial charge in [0, 0.05) is 24.4 Å². The van der Waals surface area contributed by atoms with Gasteiger partial charge in [-0.2, -0.15) is 5.10 Å². The molecule has 1 N–H and O–H groups in total. The smallest absolute Gasteiger partial charge is 0.119 e. The van der Waals surface area contributed by atoms with Crippen LogP contribution in [0.1, 0.15) is 16.7 Å². The predicted molar refractivity (Wildman–Crippen MR) is 84.3 cm³/mol. The first-order valence-electron chi connectivity index (χ1n) is 6.43. The number of aromatic nitrogens is 1. The maximum atomic E-state index is 6.18. The van der Waals surface area contributed by atoms with E-state index in [0.717, 1.165) is 28.2 Å². The summed E-state index contributed by atoms with van der Waals surface area (Å²) in [6.45, 7) is 0.674. The molecule has 108 valence electrons. The maximum absolute atomic E-state index is 6.18. The summed E-state index contributed by atoms with van der Waals surface area (Å²) in [4.78, 5) is 3.97. The fraction of sp³-hybridized carbons (Fsp3) is 0.200. The summed E-state index contributed by atoms with van der Waals surface area (Å²) in [6, 6.07) is 5.94. The van der Waals surface area contributed by atoms with Crippen LogP contribution in [-0.4, -0.2) is 17.8 Å². The molecule has 0 bridgehead atoms. The Morgan fingerprint density at radius 3 is 2.71 bits per heavy atom. The van der Waals surface area contributed by atoms with Gasteiger partial charge in [-0.1, -0.05) is 23.2 Å². The largest absolute Gasteiger partial charge is 0.497 e. The lowest BCUT2D eigenvalue weighted by Crippen LogP contribution is -2.22. The summed E-state index contributed by atoms with van der Waals surface area (Å²) in [6.07, 6.45) is 3.73. The number of nitrogens with one attached hydrogen (secondary N) is 1. The average molecular weight is 322 g/mol. The van der Waals surface area contributed by atoms with Crippen molar-refractivity contribution in [3.8, 4) is 5.75 Å². The van der Waals surface area contributed by atoms with Crippen molar-refractivity contribution in [1.29, 1.82) is 0 Å². The van der Waals surface area contributed by atoms with E-state index in [1.807, 2.05) is 18.2 Å². The fourth-order valence-corrected chi connectivity index (χ4v) is 2.81. The van der Waals surface area contributed by atoms with Gasteiger partial charge in [-0.15, -0.1) is 0 Å². The monoisotopic (exact) mass is 321 g/mol. The lowest BCUT2D eigenvalue weighted by atomic mass is 9.97. The molecular formula is C15H13Cl2N3O. The van der Waals surface area contributed by atoms with Crippen molar-refractivity contribution in [2.24, 2.45) is 5.10 Å². The summed E-state index contributed by atoms with van der Waals surface area (Å²) in [5.74, 6) is 0.830. The van der Waals surface area contributed by atoms with Crippen LogP contribution in [0.4, 0.5) is 0 Å². The van der Waals surface area contributed by atoms with E-state index < -0.39 is 0 Å². The lowest BCUT2D eigenvalue weighted by Gasteiger charge is -2.19. The number of methoxy groups -OCH3 is 1. The Bertz CT molecular complexity index is 696. The Morgan fingerprint density at radius 1 is 1.24 bits per heavy atom. The standard InChI is InChI=1S/C15H13Cl2N3O/c1-21-10-2-3-11-9(4-10)6-19-20-15(11)5-12-13(16)7-18-8-14(12)17/h2-4,7-8,19H,5-6H2,1H3. The van der Waals surface area contributed by atoms with E-state index in [-0.39, 0.29) is 0 Å². The quantitative estimate of drug-likeness (QED) is 0.941. The van der Waals surface area contributed by atoms with Gasteiger partial charge in [-0.25, -0.2) is 0 Å². The molecule has 2 aromatic rings. The third kappa shape index (κ3) is 2.82. The van der Waals surface area contributed by atoms with E-state index in [1.54, 1.807) is 19.5 Å². The third-order valence-corrected chi connectivity index (χ3v) is 4.05. The number of hydrogen-bond donors (Lipinski definition) is 1. The van der Waals surface area contributed by atoms with Gasteiger partial charge in [0.05, 0.1) is 29.4 Å². The molecule has 0 aliphatic carbocycles. The molecule has 0 saturated carbocycles. The van der Waals surface area contributed by atoms with E-state index in [2.05, 4.69) is 15.5 Å². The lowest BCUT2D eigenvalue weighted by molar-refractivity contribution is 0.414. The Hall–Kier alpha value is -1.78. The molecule has 2 heterocycles. The fourth-order valence-electron chi connectivity index (χ4n) is 2.31. The van der Waals surface area contributed by atoms with Gasteiger partial charge in [0.2, 0.25) is 0 Å². The van der Waals surface area contributed by atoms with Crippen LogP contribution in [0.5, 0.6) is 5.75 Å². The van der Waals surface area contributed by atoms with Gasteiger partial charge in [-0.05, 0) is 29.3 Å². The zero-order chi connectivity index (χ0) is 14.8. The van der Waals surface area contributed by atoms with E-state index in [4.69, 9.17) is 27.9 Å². The number of hydrazone groups is 1. The molecular weight excluding hydrogens is 309 g/mol. The van der Waals surface area contributed by atoms with Crippen molar-refractivity contribution in [3.63, 3.8) is 0 Å². The van der Waals surface area contributed by atoms with Crippen molar-refractivity contribution < 1.29 is 4.74 Å². The van der Waals surface area contributed by atoms with Crippen LogP contribution in [0.25, 0.3) is 0 Å². The Labute approximate surface area is 132 Å². The third-order valence-electron chi connectivity index (χ3n) is 3.40. The summed E-state index contributed by atoms with van der Waals surface area (Å²) in [5.41, 5.74) is 6.98. The van der Waals surface area contributed by atoms with Crippen molar-refractivity contribution in [2.75, 3.05) is 7.11 Å². The van der Waals surface area contributed by atoms with Crippen molar-refractivity contribution in [1.82, 2.24) is 10.4 Å². The molecule has 3 rings (SSSR count). The van der Waals surface area contributed by atoms with E-state index in [9.17, 15) is 0 Å². The Balaban J connectivity index is 1.96. The van der Waals surface area contributed by atoms with Crippen molar-refractivity contribution >= 4 is 28.9 Å². The zero-order valence-electron chi connectivity index (χ0n) is 11.4. The Morgan fingerprint density at radius 2 is 2.00 bits per heavy atom. The molecule has 1 aromatic carbocycles. The van der Waals surface area contributed by atoms with E-state index in [0.29, 0.717) is 23.0 Å². The molecule has 0 saturated heterocycles. The highest BCUT2D eigenvalue weighted by Crippen LogP contribution is 2.27. The molecule has 0 spiro atoms. The molecule has 4 nitrogen and oxygen atoms in total. The van der Waals surface area contributed by atoms with Crippen LogP contribution in [-0.2, 0) is 13.0 Å². The highest BCUT2D eigenvalue weighted by Gasteiger charge is 2.18. The topological polar surface area (TPSA) is 46.5 Å². The second-order valence-corrected chi connectivity index (χ2v) is 5.49. The van der Waals surface area contributed by atoms with Crippen LogP contribution in [0.2, 0.25) is 10.0 Å². The van der Waals surface area contributed by atoms with E-state index >= 15 is 0 Å². The minimum Gasteiger partial charge on any atom is -0.497 e. The van der Waals surface area contributed by atoms with Gasteiger partial charge < -0.3 is 10.2 Å². The van der Waals surface area contributed by atoms with Gasteiger partial charge in [0.15, 0.2) is 0 Å². The number of fused-ring (bicyclic) bond motifs is 1. The molecule has 0 unspecified atom stereocenters. The second kappa shape index (κ2) is 5.92. The molecule has 0 atom stereocenters. The first-order valence-corrected chi connectivity index (χ1v) is 7.19. The number of hydrogen-bond acceptors (Lipinski definition) is 4. The number of halogens is 2. The first-order chi connectivity index (χ1) is 10.2. The summed E-state index contributed by atoms with van der Waals surface area (Å²) in [5, 5.41) is 5.49. The van der Waals surface area contributed by atoms with Gasteiger partial charge in [0.1, 0.15) is 5.75 Å². The predicted octanol–water partition coefficient (Wildman–Crippen LogP) is 3.45. The SMILES string of the molecule is COc1ccc2c(c1)CNN=C2Cc1c(Cl)cncc1Cl. The first kappa shape index (κ1) is 14.2. The summed E-state index contributed by atoms with van der Waals surface area (Å²) >= 11 is 12.4. The molecule has 21 heavy (non-hydrogen) atoms. The second-order valence-electron chi connectivity index (χ2n) is 4.67. The number of benzene rings is 1. The van der Waals surface area contributed by atoms with Crippen molar-refractivity contribution in [3.05, 3.63) is 57.3 Å². The van der Waals surface area contributed by atoms with Crippen LogP contribution in [0, 0.1) is 0 Å². The molecule has 0 radical (unpaired) electrons. The number of pyridine rings is 1. The van der Waals surface area contributed by atoms with E-state index in [1.165, 1.54) is 0 Å². The molecule has 0 fully saturated rings. The molecule has 0 amide bonds. The molecule has 1 aliphatic rings. The highest BCUT2D eigenvalue weighted by molar-refractivity contribution is 6.36. The molecule has 6 heteroatoms. The van der Waals surface area contributed by atoms with Gasteiger partial charge >= 0.3 is 0 Å². The van der Waals surface area contributed by atoms with Crippen LogP contribution < -0.4 is 10.2 Å². The van der Waals surface area contributed by atoms with Gasteiger partial charge in [-0.3, -0.25) is 4.98 Å². The zero-order valence-corrected chi connectivity index (χ0v) is 12.9. The van der Waals surface area contributed by atoms with Gasteiger partial charge in [0.25, 0.3) is 0 Å². The highest BCUT2D eigenvalue weighted by atomic mass is 35.5. The molecule has 1 aliphatic heterocycles. The average Bonchev–Trinajstić information content (AvgIpc) is 2.50. The van der Waals surface area contributed by atoms with Crippen molar-refractivity contribution in [2.45, 2.75) is 13.0 Å². The maximum Gasteiger partial charge on any atom is 0.119 e.